The van der Waals surface area contributed by atoms with Gasteiger partial charge < -0.3 is 14.9 Å². The van der Waals surface area contributed by atoms with Gasteiger partial charge in [0.25, 0.3) is 5.91 Å². The number of amides is 1. The standard InChI is InChI=1S/C18H23N3O2/c1-12-10-15(13(2)21(12)14-6-4-3-5-7-14)18(23)20-16-11-19-9-8-17(16)22/h8-11,14H,3-7H2,1-2H3,(H,19,22)(H,20,23). The summed E-state index contributed by atoms with van der Waals surface area (Å²) < 4.78 is 2.29. The summed E-state index contributed by atoms with van der Waals surface area (Å²) in [6, 6.07) is 3.82. The summed E-state index contributed by atoms with van der Waals surface area (Å²) in [7, 11) is 0. The molecule has 0 unspecified atom stereocenters. The van der Waals surface area contributed by atoms with Gasteiger partial charge >= 0.3 is 0 Å². The van der Waals surface area contributed by atoms with Crippen molar-refractivity contribution in [3.63, 3.8) is 0 Å². The molecule has 0 aliphatic heterocycles. The van der Waals surface area contributed by atoms with E-state index in [0.717, 1.165) is 11.4 Å². The molecule has 2 N–H and O–H groups in total. The van der Waals surface area contributed by atoms with Crippen LogP contribution in [0.3, 0.4) is 0 Å². The number of pyridine rings is 1. The van der Waals surface area contributed by atoms with Crippen LogP contribution in [0, 0.1) is 13.8 Å². The van der Waals surface area contributed by atoms with Crippen molar-refractivity contribution in [2.24, 2.45) is 0 Å². The van der Waals surface area contributed by atoms with E-state index in [0.29, 0.717) is 11.6 Å². The first-order chi connectivity index (χ1) is 11.1. The third-order valence-electron chi connectivity index (χ3n) is 4.74. The molecule has 1 saturated carbocycles. The second kappa shape index (κ2) is 6.44. The zero-order valence-electron chi connectivity index (χ0n) is 13.7. The van der Waals surface area contributed by atoms with E-state index in [4.69, 9.17) is 0 Å². The first-order valence-electron chi connectivity index (χ1n) is 8.25. The predicted molar refractivity (Wildman–Crippen MR) is 91.0 cm³/mol. The van der Waals surface area contributed by atoms with Gasteiger partial charge in [0, 0.05) is 35.9 Å². The highest BCUT2D eigenvalue weighted by atomic mass is 16.2. The lowest BCUT2D eigenvalue weighted by molar-refractivity contribution is 0.102. The normalized spacial score (nSPS) is 15.6. The molecule has 1 fully saturated rings. The molecule has 23 heavy (non-hydrogen) atoms. The number of aromatic nitrogens is 2. The monoisotopic (exact) mass is 313 g/mol. The van der Waals surface area contributed by atoms with Crippen molar-refractivity contribution in [2.75, 3.05) is 5.32 Å². The second-order valence-corrected chi connectivity index (χ2v) is 6.32. The number of hydrogen-bond acceptors (Lipinski definition) is 2. The molecule has 2 aromatic heterocycles. The predicted octanol–water partition coefficient (Wildman–Crippen LogP) is 3.55. The molecule has 5 nitrogen and oxygen atoms in total. The highest BCUT2D eigenvalue weighted by Gasteiger charge is 2.22. The van der Waals surface area contributed by atoms with Crippen molar-refractivity contribution >= 4 is 11.6 Å². The minimum Gasteiger partial charge on any atom is -0.366 e. The van der Waals surface area contributed by atoms with Crippen LogP contribution in [0.25, 0.3) is 0 Å². The number of nitrogens with zero attached hydrogens (tertiary/aromatic N) is 1. The van der Waals surface area contributed by atoms with E-state index >= 15 is 0 Å². The number of anilines is 1. The highest BCUT2D eigenvalue weighted by molar-refractivity contribution is 6.05. The maximum Gasteiger partial charge on any atom is 0.257 e. The van der Waals surface area contributed by atoms with E-state index in [2.05, 4.69) is 14.9 Å². The molecule has 5 heteroatoms. The Bertz CT molecular complexity index is 767. The molecule has 122 valence electrons. The minimum absolute atomic E-state index is 0.196. The maximum absolute atomic E-state index is 12.6. The van der Waals surface area contributed by atoms with Crippen LogP contribution < -0.4 is 10.7 Å². The van der Waals surface area contributed by atoms with Crippen LogP contribution >= 0.6 is 0 Å². The van der Waals surface area contributed by atoms with Gasteiger partial charge in [-0.1, -0.05) is 19.3 Å². The summed E-state index contributed by atoms with van der Waals surface area (Å²) in [5, 5.41) is 2.71. The Kier molecular flexibility index (Phi) is 4.37. The summed E-state index contributed by atoms with van der Waals surface area (Å²) in [6.07, 6.45) is 9.23. The fraction of sp³-hybridized carbons (Fsp3) is 0.444. The van der Waals surface area contributed by atoms with E-state index < -0.39 is 0 Å². The van der Waals surface area contributed by atoms with Crippen LogP contribution in [0.2, 0.25) is 0 Å². The summed E-state index contributed by atoms with van der Waals surface area (Å²) in [4.78, 5) is 27.1. The average molecular weight is 313 g/mol. The van der Waals surface area contributed by atoms with Gasteiger partial charge in [0.1, 0.15) is 5.69 Å². The zero-order chi connectivity index (χ0) is 16.4. The smallest absolute Gasteiger partial charge is 0.257 e. The fourth-order valence-corrected chi connectivity index (χ4v) is 3.61. The van der Waals surface area contributed by atoms with E-state index in [1.54, 1.807) is 6.20 Å². The molecule has 1 amide bonds. The number of aromatic amines is 1. The van der Waals surface area contributed by atoms with Gasteiger partial charge in [0.15, 0.2) is 0 Å². The zero-order valence-corrected chi connectivity index (χ0v) is 13.7. The Balaban J connectivity index is 1.87. The molecule has 0 spiro atoms. The lowest BCUT2D eigenvalue weighted by Crippen LogP contribution is -2.19. The molecular formula is C18H23N3O2. The van der Waals surface area contributed by atoms with Crippen molar-refractivity contribution in [1.29, 1.82) is 0 Å². The Morgan fingerprint density at radius 1 is 1.26 bits per heavy atom. The van der Waals surface area contributed by atoms with Crippen molar-refractivity contribution in [1.82, 2.24) is 9.55 Å². The maximum atomic E-state index is 12.6. The third kappa shape index (κ3) is 3.09. The topological polar surface area (TPSA) is 66.9 Å². The van der Waals surface area contributed by atoms with Crippen LogP contribution in [-0.4, -0.2) is 15.5 Å². The van der Waals surface area contributed by atoms with E-state index in [-0.39, 0.29) is 17.0 Å². The van der Waals surface area contributed by atoms with Gasteiger partial charge in [0.2, 0.25) is 5.43 Å². The molecule has 0 bridgehead atoms. The Morgan fingerprint density at radius 2 is 2.00 bits per heavy atom. The first-order valence-corrected chi connectivity index (χ1v) is 8.25. The third-order valence-corrected chi connectivity index (χ3v) is 4.74. The molecule has 0 atom stereocenters. The molecule has 2 aromatic rings. The van der Waals surface area contributed by atoms with E-state index in [9.17, 15) is 9.59 Å². The Labute approximate surface area is 135 Å². The van der Waals surface area contributed by atoms with Crippen LogP contribution in [0.5, 0.6) is 0 Å². The number of hydrogen-bond donors (Lipinski definition) is 2. The van der Waals surface area contributed by atoms with Gasteiger partial charge in [-0.3, -0.25) is 9.59 Å². The molecule has 0 radical (unpaired) electrons. The molecule has 1 aliphatic rings. The minimum atomic E-state index is -0.225. The van der Waals surface area contributed by atoms with E-state index in [1.807, 2.05) is 19.9 Å². The van der Waals surface area contributed by atoms with Gasteiger partial charge in [-0.25, -0.2) is 0 Å². The molecular weight excluding hydrogens is 290 g/mol. The fourth-order valence-electron chi connectivity index (χ4n) is 3.61. The Morgan fingerprint density at radius 3 is 2.70 bits per heavy atom. The number of rotatable bonds is 3. The average Bonchev–Trinajstić information content (AvgIpc) is 2.85. The number of H-pyrrole nitrogens is 1. The lowest BCUT2D eigenvalue weighted by atomic mass is 9.95. The van der Waals surface area contributed by atoms with Crippen molar-refractivity contribution < 1.29 is 4.79 Å². The largest absolute Gasteiger partial charge is 0.366 e. The van der Waals surface area contributed by atoms with Crippen LogP contribution in [0.4, 0.5) is 5.69 Å². The quantitative estimate of drug-likeness (QED) is 0.910. The van der Waals surface area contributed by atoms with Crippen molar-refractivity contribution in [2.45, 2.75) is 52.0 Å². The van der Waals surface area contributed by atoms with Crippen molar-refractivity contribution in [3.8, 4) is 0 Å². The van der Waals surface area contributed by atoms with Crippen LogP contribution in [0.1, 0.15) is 59.9 Å². The number of aryl methyl sites for hydroxylation is 1. The molecule has 2 heterocycles. The molecule has 3 rings (SSSR count). The lowest BCUT2D eigenvalue weighted by Gasteiger charge is -2.26. The van der Waals surface area contributed by atoms with Crippen LogP contribution in [-0.2, 0) is 0 Å². The summed E-state index contributed by atoms with van der Waals surface area (Å²) in [5.41, 5.74) is 2.83. The number of carbonyl (C=O) groups excluding carboxylic acids is 1. The molecule has 1 aliphatic carbocycles. The first kappa shape index (κ1) is 15.6. The summed E-state index contributed by atoms with van der Waals surface area (Å²) in [5.74, 6) is -0.225. The van der Waals surface area contributed by atoms with E-state index in [1.165, 1.54) is 44.4 Å². The van der Waals surface area contributed by atoms with Gasteiger partial charge in [-0.15, -0.1) is 0 Å². The van der Waals surface area contributed by atoms with Crippen LogP contribution in [0.15, 0.2) is 29.3 Å². The SMILES string of the molecule is Cc1cc(C(=O)Nc2c[nH]ccc2=O)c(C)n1C1CCCCC1. The summed E-state index contributed by atoms with van der Waals surface area (Å²) >= 11 is 0. The number of nitrogens with one attached hydrogen (secondary N) is 2. The summed E-state index contributed by atoms with van der Waals surface area (Å²) in [6.45, 7) is 4.04. The van der Waals surface area contributed by atoms with Gasteiger partial charge in [-0.2, -0.15) is 0 Å². The van der Waals surface area contributed by atoms with Gasteiger partial charge in [0.05, 0.1) is 5.56 Å². The Hall–Kier alpha value is -2.30. The van der Waals surface area contributed by atoms with Crippen molar-refractivity contribution in [3.05, 3.63) is 51.7 Å². The second-order valence-electron chi connectivity index (χ2n) is 6.32. The highest BCUT2D eigenvalue weighted by Crippen LogP contribution is 2.32. The number of carbonyl (C=O) groups is 1. The van der Waals surface area contributed by atoms with Gasteiger partial charge in [-0.05, 0) is 32.8 Å². The molecule has 0 saturated heterocycles. The molecule has 0 aromatic carbocycles.